The first-order valence-electron chi connectivity index (χ1n) is 6.00. The number of methoxy groups -OCH3 is 1. The summed E-state index contributed by atoms with van der Waals surface area (Å²) in [6.07, 6.45) is 2.83. The van der Waals surface area contributed by atoms with E-state index >= 15 is 0 Å². The molecule has 0 bridgehead atoms. The molecule has 4 heteroatoms. The average molecular weight is 225 g/mol. The first-order valence-corrected chi connectivity index (χ1v) is 6.00. The number of carbonyl (C=O) groups is 2. The van der Waals surface area contributed by atoms with Crippen LogP contribution in [0, 0.1) is 17.8 Å². The van der Waals surface area contributed by atoms with Crippen LogP contribution in [0.5, 0.6) is 0 Å². The molecule has 0 N–H and O–H groups in total. The van der Waals surface area contributed by atoms with Crippen molar-refractivity contribution >= 4 is 11.9 Å². The molecule has 1 amide bonds. The van der Waals surface area contributed by atoms with Crippen molar-refractivity contribution in [2.75, 3.05) is 20.2 Å². The average Bonchev–Trinajstić information content (AvgIpc) is 3.10. The van der Waals surface area contributed by atoms with Crippen molar-refractivity contribution in [1.82, 2.24) is 4.90 Å². The Morgan fingerprint density at radius 2 is 1.94 bits per heavy atom. The highest BCUT2D eigenvalue weighted by Gasteiger charge is 2.38. The number of amides is 1. The number of piperidine rings is 1. The van der Waals surface area contributed by atoms with E-state index in [-0.39, 0.29) is 29.6 Å². The van der Waals surface area contributed by atoms with Gasteiger partial charge in [-0.3, -0.25) is 9.59 Å². The van der Waals surface area contributed by atoms with Gasteiger partial charge in [0.25, 0.3) is 0 Å². The standard InChI is InChI=1S/C12H19NO3/c1-8-7-13(11(14)9-3-4-9)6-5-10(8)12(15)16-2/h8-10H,3-7H2,1-2H3/t8-,10-/m1/s1. The summed E-state index contributed by atoms with van der Waals surface area (Å²) in [6, 6.07) is 0. The van der Waals surface area contributed by atoms with Gasteiger partial charge in [-0.15, -0.1) is 0 Å². The molecule has 1 aliphatic heterocycles. The highest BCUT2D eigenvalue weighted by atomic mass is 16.5. The van der Waals surface area contributed by atoms with Crippen molar-refractivity contribution in [3.8, 4) is 0 Å². The van der Waals surface area contributed by atoms with E-state index in [4.69, 9.17) is 4.74 Å². The molecule has 2 rings (SSSR count). The zero-order valence-corrected chi connectivity index (χ0v) is 9.94. The van der Waals surface area contributed by atoms with Crippen molar-refractivity contribution in [1.29, 1.82) is 0 Å². The normalized spacial score (nSPS) is 30.0. The third-order valence-corrected chi connectivity index (χ3v) is 3.65. The molecule has 2 atom stereocenters. The van der Waals surface area contributed by atoms with Crippen LogP contribution in [0.1, 0.15) is 26.2 Å². The predicted octanol–water partition coefficient (Wildman–Crippen LogP) is 1.05. The molecule has 0 radical (unpaired) electrons. The van der Waals surface area contributed by atoms with Gasteiger partial charge in [-0.2, -0.15) is 0 Å². The van der Waals surface area contributed by atoms with E-state index in [1.165, 1.54) is 7.11 Å². The highest BCUT2D eigenvalue weighted by Crippen LogP contribution is 2.33. The fourth-order valence-electron chi connectivity index (χ4n) is 2.44. The van der Waals surface area contributed by atoms with Gasteiger partial charge in [-0.25, -0.2) is 0 Å². The molecule has 4 nitrogen and oxygen atoms in total. The maximum atomic E-state index is 11.9. The maximum absolute atomic E-state index is 11.9. The highest BCUT2D eigenvalue weighted by molar-refractivity contribution is 5.81. The van der Waals surface area contributed by atoms with Crippen LogP contribution in [-0.2, 0) is 14.3 Å². The lowest BCUT2D eigenvalue weighted by atomic mass is 9.87. The van der Waals surface area contributed by atoms with Gasteiger partial charge >= 0.3 is 5.97 Å². The van der Waals surface area contributed by atoms with E-state index in [9.17, 15) is 9.59 Å². The summed E-state index contributed by atoms with van der Waals surface area (Å²) >= 11 is 0. The lowest BCUT2D eigenvalue weighted by molar-refractivity contribution is -0.151. The van der Waals surface area contributed by atoms with Crippen LogP contribution in [0.15, 0.2) is 0 Å². The van der Waals surface area contributed by atoms with Crippen LogP contribution in [0.4, 0.5) is 0 Å². The van der Waals surface area contributed by atoms with E-state index in [0.29, 0.717) is 13.1 Å². The lowest BCUT2D eigenvalue weighted by Gasteiger charge is -2.35. The number of likely N-dealkylation sites (tertiary alicyclic amines) is 1. The Bertz CT molecular complexity index is 299. The molecule has 1 saturated carbocycles. The molecule has 2 aliphatic rings. The van der Waals surface area contributed by atoms with Crippen molar-refractivity contribution in [3.63, 3.8) is 0 Å². The zero-order valence-electron chi connectivity index (χ0n) is 9.94. The molecule has 2 fully saturated rings. The molecular formula is C12H19NO3. The molecular weight excluding hydrogens is 206 g/mol. The van der Waals surface area contributed by atoms with Crippen molar-refractivity contribution in [2.24, 2.45) is 17.8 Å². The molecule has 1 aliphatic carbocycles. The second kappa shape index (κ2) is 4.44. The molecule has 1 saturated heterocycles. The Labute approximate surface area is 95.9 Å². The summed E-state index contributed by atoms with van der Waals surface area (Å²) in [5.41, 5.74) is 0. The van der Waals surface area contributed by atoms with E-state index in [1.54, 1.807) is 0 Å². The number of nitrogens with zero attached hydrogens (tertiary/aromatic N) is 1. The van der Waals surface area contributed by atoms with Gasteiger partial charge in [0.05, 0.1) is 13.0 Å². The second-order valence-corrected chi connectivity index (χ2v) is 4.95. The van der Waals surface area contributed by atoms with Gasteiger partial charge in [0.1, 0.15) is 0 Å². The first-order chi connectivity index (χ1) is 7.63. The molecule has 90 valence electrons. The molecule has 16 heavy (non-hydrogen) atoms. The van der Waals surface area contributed by atoms with E-state index in [2.05, 4.69) is 0 Å². The Hall–Kier alpha value is -1.06. The van der Waals surface area contributed by atoms with Crippen LogP contribution < -0.4 is 0 Å². The van der Waals surface area contributed by atoms with Gasteiger partial charge in [0.15, 0.2) is 0 Å². The van der Waals surface area contributed by atoms with E-state index in [0.717, 1.165) is 19.3 Å². The fourth-order valence-corrected chi connectivity index (χ4v) is 2.44. The summed E-state index contributed by atoms with van der Waals surface area (Å²) in [4.78, 5) is 25.3. The number of ether oxygens (including phenoxy) is 1. The Balaban J connectivity index is 1.91. The summed E-state index contributed by atoms with van der Waals surface area (Å²) in [6.45, 7) is 3.43. The maximum Gasteiger partial charge on any atom is 0.309 e. The minimum absolute atomic E-state index is 0.0340. The molecule has 0 aromatic rings. The largest absolute Gasteiger partial charge is 0.469 e. The van der Waals surface area contributed by atoms with E-state index < -0.39 is 0 Å². The molecule has 0 spiro atoms. The SMILES string of the molecule is COC(=O)[C@@H]1CCN(C(=O)C2CC2)C[C@H]1C. The van der Waals surface area contributed by atoms with Crippen LogP contribution in [0.3, 0.4) is 0 Å². The number of carbonyl (C=O) groups excluding carboxylic acids is 2. The lowest BCUT2D eigenvalue weighted by Crippen LogP contribution is -2.45. The minimum atomic E-state index is -0.133. The Kier molecular flexibility index (Phi) is 3.17. The topological polar surface area (TPSA) is 46.6 Å². The Morgan fingerprint density at radius 1 is 1.25 bits per heavy atom. The van der Waals surface area contributed by atoms with Gasteiger partial charge < -0.3 is 9.64 Å². The van der Waals surface area contributed by atoms with Crippen molar-refractivity contribution < 1.29 is 14.3 Å². The predicted molar refractivity (Wildman–Crippen MR) is 58.6 cm³/mol. The van der Waals surface area contributed by atoms with Crippen LogP contribution in [0.2, 0.25) is 0 Å². The third-order valence-electron chi connectivity index (χ3n) is 3.65. The molecule has 1 heterocycles. The number of rotatable bonds is 2. The van der Waals surface area contributed by atoms with Crippen molar-refractivity contribution in [3.05, 3.63) is 0 Å². The van der Waals surface area contributed by atoms with Crippen LogP contribution in [0.25, 0.3) is 0 Å². The minimum Gasteiger partial charge on any atom is -0.469 e. The fraction of sp³-hybridized carbons (Fsp3) is 0.833. The third kappa shape index (κ3) is 2.20. The molecule has 0 aromatic carbocycles. The summed E-state index contributed by atoms with van der Waals surface area (Å²) < 4.78 is 4.77. The zero-order chi connectivity index (χ0) is 11.7. The summed E-state index contributed by atoms with van der Waals surface area (Å²) in [5.74, 6) is 0.611. The number of hydrogen-bond donors (Lipinski definition) is 0. The molecule has 0 aromatic heterocycles. The van der Waals surface area contributed by atoms with Gasteiger partial charge in [0, 0.05) is 19.0 Å². The van der Waals surface area contributed by atoms with Gasteiger partial charge in [-0.1, -0.05) is 6.92 Å². The summed E-state index contributed by atoms with van der Waals surface area (Å²) in [5, 5.41) is 0. The van der Waals surface area contributed by atoms with Crippen LogP contribution >= 0.6 is 0 Å². The van der Waals surface area contributed by atoms with E-state index in [1.807, 2.05) is 11.8 Å². The van der Waals surface area contributed by atoms with Crippen LogP contribution in [-0.4, -0.2) is 37.0 Å². The first kappa shape index (κ1) is 11.4. The quantitative estimate of drug-likeness (QED) is 0.660. The summed E-state index contributed by atoms with van der Waals surface area (Å²) in [7, 11) is 1.43. The smallest absolute Gasteiger partial charge is 0.309 e. The monoisotopic (exact) mass is 225 g/mol. The van der Waals surface area contributed by atoms with Gasteiger partial charge in [0.2, 0.25) is 5.91 Å². The molecule has 0 unspecified atom stereocenters. The Morgan fingerprint density at radius 3 is 2.44 bits per heavy atom. The number of esters is 1. The van der Waals surface area contributed by atoms with Crippen molar-refractivity contribution in [2.45, 2.75) is 26.2 Å². The van der Waals surface area contributed by atoms with Gasteiger partial charge in [-0.05, 0) is 25.2 Å². The number of hydrogen-bond acceptors (Lipinski definition) is 3. The second-order valence-electron chi connectivity index (χ2n) is 4.95.